The SMILES string of the molecule is COc1c(C)c(C)cc(C)c1CNC(=O)CCCO. The molecule has 4 heteroatoms. The zero-order chi connectivity index (χ0) is 14.4. The summed E-state index contributed by atoms with van der Waals surface area (Å²) in [6.07, 6.45) is 0.845. The number of benzene rings is 1. The van der Waals surface area contributed by atoms with Crippen LogP contribution in [-0.4, -0.2) is 24.7 Å². The monoisotopic (exact) mass is 265 g/mol. The van der Waals surface area contributed by atoms with Crippen molar-refractivity contribution in [1.29, 1.82) is 0 Å². The van der Waals surface area contributed by atoms with Crippen LogP contribution in [0.5, 0.6) is 5.75 Å². The minimum absolute atomic E-state index is 0.0411. The summed E-state index contributed by atoms with van der Waals surface area (Å²) in [5.41, 5.74) is 4.42. The van der Waals surface area contributed by atoms with Gasteiger partial charge in [0.2, 0.25) is 5.91 Å². The second kappa shape index (κ2) is 7.14. The Bertz CT molecular complexity index is 455. The van der Waals surface area contributed by atoms with Crippen LogP contribution in [0.2, 0.25) is 0 Å². The molecule has 0 bridgehead atoms. The fraction of sp³-hybridized carbons (Fsp3) is 0.533. The van der Waals surface area contributed by atoms with Crippen molar-refractivity contribution in [1.82, 2.24) is 5.32 Å². The van der Waals surface area contributed by atoms with Crippen LogP contribution in [0.15, 0.2) is 6.07 Å². The van der Waals surface area contributed by atoms with Crippen molar-refractivity contribution in [2.45, 2.75) is 40.2 Å². The second-order valence-electron chi connectivity index (χ2n) is 4.75. The average molecular weight is 265 g/mol. The molecule has 0 aliphatic carbocycles. The summed E-state index contributed by atoms with van der Waals surface area (Å²) in [7, 11) is 1.65. The molecule has 0 atom stereocenters. The van der Waals surface area contributed by atoms with Crippen molar-refractivity contribution >= 4 is 5.91 Å². The third-order valence-corrected chi connectivity index (χ3v) is 3.34. The van der Waals surface area contributed by atoms with E-state index in [4.69, 9.17) is 9.84 Å². The van der Waals surface area contributed by atoms with Crippen molar-refractivity contribution < 1.29 is 14.6 Å². The first-order valence-electron chi connectivity index (χ1n) is 6.52. The van der Waals surface area contributed by atoms with Crippen LogP contribution < -0.4 is 10.1 Å². The van der Waals surface area contributed by atoms with E-state index >= 15 is 0 Å². The van der Waals surface area contributed by atoms with Crippen LogP contribution >= 0.6 is 0 Å². The van der Waals surface area contributed by atoms with Gasteiger partial charge in [-0.25, -0.2) is 0 Å². The molecule has 0 aliphatic heterocycles. The Morgan fingerprint density at radius 1 is 1.32 bits per heavy atom. The van der Waals surface area contributed by atoms with Crippen LogP contribution in [-0.2, 0) is 11.3 Å². The van der Waals surface area contributed by atoms with Crippen LogP contribution in [0, 0.1) is 20.8 Å². The van der Waals surface area contributed by atoms with E-state index in [9.17, 15) is 4.79 Å². The van der Waals surface area contributed by atoms with Gasteiger partial charge in [-0.05, 0) is 43.9 Å². The topological polar surface area (TPSA) is 58.6 Å². The molecule has 106 valence electrons. The Kier molecular flexibility index (Phi) is 5.83. The van der Waals surface area contributed by atoms with Crippen molar-refractivity contribution in [2.75, 3.05) is 13.7 Å². The highest BCUT2D eigenvalue weighted by Crippen LogP contribution is 2.29. The van der Waals surface area contributed by atoms with Crippen LogP contribution in [0.4, 0.5) is 0 Å². The van der Waals surface area contributed by atoms with Gasteiger partial charge >= 0.3 is 0 Å². The smallest absolute Gasteiger partial charge is 0.220 e. The molecule has 1 rings (SSSR count). The minimum Gasteiger partial charge on any atom is -0.496 e. The number of aliphatic hydroxyl groups excluding tert-OH is 1. The largest absolute Gasteiger partial charge is 0.496 e. The maximum atomic E-state index is 11.6. The van der Waals surface area contributed by atoms with E-state index in [1.54, 1.807) is 7.11 Å². The molecule has 2 N–H and O–H groups in total. The molecule has 0 radical (unpaired) electrons. The molecule has 0 fully saturated rings. The van der Waals surface area contributed by atoms with Gasteiger partial charge in [0.1, 0.15) is 5.75 Å². The van der Waals surface area contributed by atoms with Gasteiger partial charge in [0.25, 0.3) is 0 Å². The fourth-order valence-corrected chi connectivity index (χ4v) is 2.12. The predicted molar refractivity (Wildman–Crippen MR) is 75.4 cm³/mol. The molecule has 1 aromatic rings. The number of hydrogen-bond donors (Lipinski definition) is 2. The molecular weight excluding hydrogens is 242 g/mol. The van der Waals surface area contributed by atoms with Gasteiger partial charge in [-0.2, -0.15) is 0 Å². The maximum absolute atomic E-state index is 11.6. The van der Waals surface area contributed by atoms with Gasteiger partial charge in [-0.15, -0.1) is 0 Å². The Balaban J connectivity index is 2.83. The average Bonchev–Trinajstić information content (AvgIpc) is 2.38. The lowest BCUT2D eigenvalue weighted by molar-refractivity contribution is -0.121. The van der Waals surface area contributed by atoms with E-state index < -0.39 is 0 Å². The summed E-state index contributed by atoms with van der Waals surface area (Å²) >= 11 is 0. The van der Waals surface area contributed by atoms with Crippen molar-refractivity contribution in [3.8, 4) is 5.75 Å². The van der Waals surface area contributed by atoms with Crippen molar-refractivity contribution in [3.05, 3.63) is 28.3 Å². The molecule has 19 heavy (non-hydrogen) atoms. The molecule has 0 heterocycles. The third-order valence-electron chi connectivity index (χ3n) is 3.34. The van der Waals surface area contributed by atoms with E-state index in [1.165, 1.54) is 5.56 Å². The van der Waals surface area contributed by atoms with Gasteiger partial charge in [0.15, 0.2) is 0 Å². The van der Waals surface area contributed by atoms with Crippen LogP contribution in [0.3, 0.4) is 0 Å². The lowest BCUT2D eigenvalue weighted by Gasteiger charge is -2.17. The summed E-state index contributed by atoms with van der Waals surface area (Å²) in [6.45, 7) is 6.59. The summed E-state index contributed by atoms with van der Waals surface area (Å²) in [6, 6.07) is 2.10. The number of ether oxygens (including phenoxy) is 1. The number of carbonyl (C=O) groups is 1. The lowest BCUT2D eigenvalue weighted by Crippen LogP contribution is -2.23. The number of amides is 1. The summed E-state index contributed by atoms with van der Waals surface area (Å²) in [5, 5.41) is 11.6. The Labute approximate surface area is 114 Å². The van der Waals surface area contributed by atoms with Gasteiger partial charge < -0.3 is 15.2 Å². The molecule has 0 unspecified atom stereocenters. The van der Waals surface area contributed by atoms with E-state index in [2.05, 4.69) is 18.3 Å². The van der Waals surface area contributed by atoms with Crippen LogP contribution in [0.1, 0.15) is 35.1 Å². The molecule has 1 amide bonds. The van der Waals surface area contributed by atoms with Crippen molar-refractivity contribution in [3.63, 3.8) is 0 Å². The zero-order valence-electron chi connectivity index (χ0n) is 12.2. The number of hydrogen-bond acceptors (Lipinski definition) is 3. The normalized spacial score (nSPS) is 10.4. The predicted octanol–water partition coefficient (Wildman–Crippen LogP) is 2.01. The summed E-state index contributed by atoms with van der Waals surface area (Å²) in [5.74, 6) is 0.800. The number of aryl methyl sites for hydroxylation is 2. The Hall–Kier alpha value is -1.55. The molecular formula is C15H23NO3. The second-order valence-corrected chi connectivity index (χ2v) is 4.75. The number of aliphatic hydroxyl groups is 1. The Morgan fingerprint density at radius 3 is 2.58 bits per heavy atom. The van der Waals surface area contributed by atoms with Crippen LogP contribution in [0.25, 0.3) is 0 Å². The standard InChI is InChI=1S/C15H23NO3/c1-10-8-11(2)13(15(19-4)12(10)3)9-16-14(18)6-5-7-17/h8,17H,5-7,9H2,1-4H3,(H,16,18). The number of carbonyl (C=O) groups excluding carboxylic acids is 1. The number of nitrogens with one attached hydrogen (secondary N) is 1. The molecule has 0 spiro atoms. The fourth-order valence-electron chi connectivity index (χ4n) is 2.12. The van der Waals surface area contributed by atoms with E-state index in [1.807, 2.05) is 13.8 Å². The first kappa shape index (κ1) is 15.5. The highest BCUT2D eigenvalue weighted by molar-refractivity contribution is 5.76. The zero-order valence-corrected chi connectivity index (χ0v) is 12.2. The quantitative estimate of drug-likeness (QED) is 0.827. The van der Waals surface area contributed by atoms with E-state index in [-0.39, 0.29) is 12.5 Å². The lowest BCUT2D eigenvalue weighted by atomic mass is 9.99. The highest BCUT2D eigenvalue weighted by atomic mass is 16.5. The Morgan fingerprint density at radius 2 is 2.00 bits per heavy atom. The van der Waals surface area contributed by atoms with Gasteiger partial charge in [-0.3, -0.25) is 4.79 Å². The molecule has 0 saturated heterocycles. The number of rotatable bonds is 6. The summed E-state index contributed by atoms with van der Waals surface area (Å²) < 4.78 is 5.46. The van der Waals surface area contributed by atoms with Gasteiger partial charge in [0.05, 0.1) is 7.11 Å². The molecule has 1 aromatic carbocycles. The maximum Gasteiger partial charge on any atom is 0.220 e. The molecule has 0 aliphatic rings. The van der Waals surface area contributed by atoms with E-state index in [0.717, 1.165) is 22.4 Å². The minimum atomic E-state index is -0.0475. The molecule has 0 saturated carbocycles. The first-order valence-corrected chi connectivity index (χ1v) is 6.52. The molecule has 4 nitrogen and oxygen atoms in total. The third kappa shape index (κ3) is 3.96. The van der Waals surface area contributed by atoms with Crippen molar-refractivity contribution in [2.24, 2.45) is 0 Å². The highest BCUT2D eigenvalue weighted by Gasteiger charge is 2.13. The van der Waals surface area contributed by atoms with Gasteiger partial charge in [0, 0.05) is 25.1 Å². The van der Waals surface area contributed by atoms with E-state index in [0.29, 0.717) is 19.4 Å². The number of methoxy groups -OCH3 is 1. The van der Waals surface area contributed by atoms with Gasteiger partial charge in [-0.1, -0.05) is 6.07 Å². The molecule has 0 aromatic heterocycles. The first-order chi connectivity index (χ1) is 9.01. The summed E-state index contributed by atoms with van der Waals surface area (Å²) in [4.78, 5) is 11.6.